The van der Waals surface area contributed by atoms with Crippen molar-refractivity contribution in [3.63, 3.8) is 0 Å². The molecule has 7 nitrogen and oxygen atoms in total. The van der Waals surface area contributed by atoms with Crippen LogP contribution in [-0.4, -0.2) is 40.3 Å². The molecule has 0 aliphatic rings. The van der Waals surface area contributed by atoms with Crippen molar-refractivity contribution in [1.29, 1.82) is 0 Å². The molecule has 0 atom stereocenters. The molecule has 0 unspecified atom stereocenters. The molecule has 0 aliphatic heterocycles. The van der Waals surface area contributed by atoms with Crippen molar-refractivity contribution >= 4 is 21.6 Å². The number of sulfonamides is 1. The first-order chi connectivity index (χ1) is 14.2. The summed E-state index contributed by atoms with van der Waals surface area (Å²) in [5.74, 6) is 1.13. The second kappa shape index (κ2) is 10.9. The Labute approximate surface area is 179 Å². The smallest absolute Gasteiger partial charge is 0.232 e. The fourth-order valence-corrected chi connectivity index (χ4v) is 3.89. The van der Waals surface area contributed by atoms with Crippen LogP contribution in [0.3, 0.4) is 0 Å². The molecule has 2 aromatic rings. The van der Waals surface area contributed by atoms with Crippen molar-refractivity contribution in [2.75, 3.05) is 24.2 Å². The minimum absolute atomic E-state index is 0.0341. The molecular formula is C22H30N2O5S. The summed E-state index contributed by atoms with van der Waals surface area (Å²) in [6.07, 6.45) is 1.84. The minimum Gasteiger partial charge on any atom is -0.493 e. The summed E-state index contributed by atoms with van der Waals surface area (Å²) in [6.45, 7) is 4.48. The van der Waals surface area contributed by atoms with Gasteiger partial charge in [-0.3, -0.25) is 9.10 Å². The van der Waals surface area contributed by atoms with Crippen LogP contribution >= 0.6 is 0 Å². The molecule has 2 aromatic carbocycles. The van der Waals surface area contributed by atoms with Gasteiger partial charge in [0.25, 0.3) is 0 Å². The zero-order valence-corrected chi connectivity index (χ0v) is 18.7. The molecule has 0 fully saturated rings. The van der Waals surface area contributed by atoms with Crippen molar-refractivity contribution in [2.24, 2.45) is 0 Å². The maximum Gasteiger partial charge on any atom is 0.232 e. The highest BCUT2D eigenvalue weighted by atomic mass is 32.2. The molecule has 2 rings (SSSR count). The summed E-state index contributed by atoms with van der Waals surface area (Å²) in [5, 5.41) is 2.86. The number of benzene rings is 2. The van der Waals surface area contributed by atoms with Crippen LogP contribution < -0.4 is 19.1 Å². The van der Waals surface area contributed by atoms with Gasteiger partial charge < -0.3 is 14.8 Å². The molecule has 0 heterocycles. The predicted molar refractivity (Wildman–Crippen MR) is 118 cm³/mol. The van der Waals surface area contributed by atoms with E-state index in [4.69, 9.17) is 9.47 Å². The number of hydrogen-bond donors (Lipinski definition) is 1. The standard InChI is InChI=1S/C22H30N2O5S/c1-17(2)29-20-13-12-18(15-21(20)28-3)16-23-22(25)11-8-14-24(30(4,26)27)19-9-6-5-7-10-19/h5-7,9-10,12-13,15,17H,8,11,14,16H2,1-4H3,(H,23,25). The number of nitrogens with zero attached hydrogens (tertiary/aromatic N) is 1. The Morgan fingerprint density at radius 2 is 1.80 bits per heavy atom. The van der Waals surface area contributed by atoms with Crippen LogP contribution in [0.15, 0.2) is 48.5 Å². The Hall–Kier alpha value is -2.74. The number of carbonyl (C=O) groups is 1. The maximum absolute atomic E-state index is 12.2. The van der Waals surface area contributed by atoms with Gasteiger partial charge in [0, 0.05) is 19.5 Å². The first-order valence-electron chi connectivity index (χ1n) is 9.83. The molecule has 164 valence electrons. The van der Waals surface area contributed by atoms with Gasteiger partial charge in [0.15, 0.2) is 11.5 Å². The second-order valence-electron chi connectivity index (χ2n) is 7.20. The number of para-hydroxylation sites is 1. The van der Waals surface area contributed by atoms with Gasteiger partial charge in [0.1, 0.15) is 0 Å². The van der Waals surface area contributed by atoms with Crippen molar-refractivity contribution in [3.05, 3.63) is 54.1 Å². The minimum atomic E-state index is -3.42. The fourth-order valence-electron chi connectivity index (χ4n) is 2.93. The van der Waals surface area contributed by atoms with Crippen LogP contribution in [0.1, 0.15) is 32.3 Å². The van der Waals surface area contributed by atoms with E-state index >= 15 is 0 Å². The van der Waals surface area contributed by atoms with Crippen LogP contribution in [0.2, 0.25) is 0 Å². The maximum atomic E-state index is 12.2. The molecule has 1 N–H and O–H groups in total. The number of ether oxygens (including phenoxy) is 2. The third kappa shape index (κ3) is 7.26. The van der Waals surface area contributed by atoms with Gasteiger partial charge in [-0.1, -0.05) is 24.3 Å². The van der Waals surface area contributed by atoms with Gasteiger partial charge in [-0.15, -0.1) is 0 Å². The van der Waals surface area contributed by atoms with Gasteiger partial charge in [0.2, 0.25) is 15.9 Å². The molecule has 0 saturated heterocycles. The van der Waals surface area contributed by atoms with E-state index in [0.29, 0.717) is 30.2 Å². The van der Waals surface area contributed by atoms with E-state index in [1.165, 1.54) is 10.6 Å². The van der Waals surface area contributed by atoms with E-state index in [1.807, 2.05) is 38.1 Å². The molecular weight excluding hydrogens is 404 g/mol. The fraction of sp³-hybridized carbons (Fsp3) is 0.409. The largest absolute Gasteiger partial charge is 0.493 e. The lowest BCUT2D eigenvalue weighted by Gasteiger charge is -2.22. The van der Waals surface area contributed by atoms with Crippen LogP contribution in [0.25, 0.3) is 0 Å². The van der Waals surface area contributed by atoms with Gasteiger partial charge in [-0.05, 0) is 50.1 Å². The number of amides is 1. The molecule has 0 saturated carbocycles. The van der Waals surface area contributed by atoms with Crippen LogP contribution in [0.4, 0.5) is 5.69 Å². The highest BCUT2D eigenvalue weighted by Crippen LogP contribution is 2.29. The number of anilines is 1. The van der Waals surface area contributed by atoms with Crippen molar-refractivity contribution < 1.29 is 22.7 Å². The van der Waals surface area contributed by atoms with Crippen LogP contribution in [0, 0.1) is 0 Å². The lowest BCUT2D eigenvalue weighted by molar-refractivity contribution is -0.121. The monoisotopic (exact) mass is 434 g/mol. The summed E-state index contributed by atoms with van der Waals surface area (Å²) < 4.78 is 36.5. The second-order valence-corrected chi connectivity index (χ2v) is 9.11. The summed E-state index contributed by atoms with van der Waals surface area (Å²) in [5.41, 5.74) is 1.48. The van der Waals surface area contributed by atoms with E-state index in [1.54, 1.807) is 31.4 Å². The summed E-state index contributed by atoms with van der Waals surface area (Å²) in [4.78, 5) is 12.2. The van der Waals surface area contributed by atoms with E-state index in [-0.39, 0.29) is 25.0 Å². The molecule has 0 bridgehead atoms. The molecule has 0 spiro atoms. The van der Waals surface area contributed by atoms with Gasteiger partial charge in [-0.2, -0.15) is 0 Å². The van der Waals surface area contributed by atoms with Crippen molar-refractivity contribution in [2.45, 2.75) is 39.3 Å². The average molecular weight is 435 g/mol. The summed E-state index contributed by atoms with van der Waals surface area (Å²) >= 11 is 0. The molecule has 0 radical (unpaired) electrons. The van der Waals surface area contributed by atoms with Crippen LogP contribution in [0.5, 0.6) is 11.5 Å². The molecule has 0 aromatic heterocycles. The van der Waals surface area contributed by atoms with E-state index in [0.717, 1.165) is 5.56 Å². The lowest BCUT2D eigenvalue weighted by Crippen LogP contribution is -2.32. The first-order valence-corrected chi connectivity index (χ1v) is 11.7. The molecule has 0 aliphatic carbocycles. The highest BCUT2D eigenvalue weighted by molar-refractivity contribution is 7.92. The predicted octanol–water partition coefficient (Wildman–Crippen LogP) is 3.35. The number of rotatable bonds is 11. The molecule has 8 heteroatoms. The summed E-state index contributed by atoms with van der Waals surface area (Å²) in [6, 6.07) is 14.4. The first kappa shape index (κ1) is 23.5. The zero-order chi connectivity index (χ0) is 22.1. The Kier molecular flexibility index (Phi) is 8.53. The van der Waals surface area contributed by atoms with E-state index in [2.05, 4.69) is 5.32 Å². The Bertz CT molecular complexity index is 930. The van der Waals surface area contributed by atoms with Gasteiger partial charge in [-0.25, -0.2) is 8.42 Å². The Morgan fingerprint density at radius 1 is 1.10 bits per heavy atom. The third-order valence-corrected chi connectivity index (χ3v) is 5.48. The lowest BCUT2D eigenvalue weighted by atomic mass is 10.2. The third-order valence-electron chi connectivity index (χ3n) is 4.29. The Balaban J connectivity index is 1.87. The highest BCUT2D eigenvalue weighted by Gasteiger charge is 2.17. The topological polar surface area (TPSA) is 84.9 Å². The Morgan fingerprint density at radius 3 is 2.40 bits per heavy atom. The van der Waals surface area contributed by atoms with Crippen molar-refractivity contribution in [1.82, 2.24) is 5.32 Å². The van der Waals surface area contributed by atoms with Crippen LogP contribution in [-0.2, 0) is 21.4 Å². The average Bonchev–Trinajstić information content (AvgIpc) is 2.69. The quantitative estimate of drug-likeness (QED) is 0.586. The van der Waals surface area contributed by atoms with E-state index < -0.39 is 10.0 Å². The number of methoxy groups -OCH3 is 1. The normalized spacial score (nSPS) is 11.2. The molecule has 1 amide bonds. The zero-order valence-electron chi connectivity index (χ0n) is 17.9. The number of hydrogen-bond acceptors (Lipinski definition) is 5. The van der Waals surface area contributed by atoms with Crippen molar-refractivity contribution in [3.8, 4) is 11.5 Å². The number of nitrogens with one attached hydrogen (secondary N) is 1. The van der Waals surface area contributed by atoms with Gasteiger partial charge in [0.05, 0.1) is 25.2 Å². The summed E-state index contributed by atoms with van der Waals surface area (Å²) in [7, 11) is -1.84. The number of carbonyl (C=O) groups excluding carboxylic acids is 1. The van der Waals surface area contributed by atoms with Gasteiger partial charge >= 0.3 is 0 Å². The molecule has 30 heavy (non-hydrogen) atoms. The SMILES string of the molecule is COc1cc(CNC(=O)CCCN(c2ccccc2)S(C)(=O)=O)ccc1OC(C)C. The van der Waals surface area contributed by atoms with E-state index in [9.17, 15) is 13.2 Å².